The molecule has 0 aliphatic heterocycles. The highest BCUT2D eigenvalue weighted by Gasteiger charge is 2.17. The van der Waals surface area contributed by atoms with Crippen LogP contribution in [0.1, 0.15) is 12.5 Å². The Morgan fingerprint density at radius 2 is 1.75 bits per heavy atom. The number of nitrogens with two attached hydrogens (primary N) is 1. The van der Waals surface area contributed by atoms with E-state index in [0.29, 0.717) is 0 Å². The molecular weight excluding hydrogens is 284 g/mol. The van der Waals surface area contributed by atoms with Crippen LogP contribution < -0.4 is 15.8 Å². The molecule has 0 heterocycles. The molecule has 9 heteroatoms. The molecule has 3 amide bonds. The first-order valence-electron chi connectivity index (χ1n) is 5.46. The number of urea groups is 1. The van der Waals surface area contributed by atoms with Crippen LogP contribution in [0.4, 0.5) is 4.79 Å². The van der Waals surface area contributed by atoms with Crippen molar-refractivity contribution in [3.63, 3.8) is 0 Å². The molecule has 4 N–H and O–H groups in total. The maximum atomic E-state index is 11.8. The lowest BCUT2D eigenvalue weighted by molar-refractivity contribution is -0.117. The molecule has 0 radical (unpaired) electrons. The lowest BCUT2D eigenvalue weighted by atomic mass is 10.2. The molecule has 0 spiro atoms. The predicted octanol–water partition coefficient (Wildman–Crippen LogP) is -0.156. The molecule has 108 valence electrons. The summed E-state index contributed by atoms with van der Waals surface area (Å²) in [5.74, 6) is -1.02. The fourth-order valence-electron chi connectivity index (χ4n) is 1.23. The molecule has 0 saturated heterocycles. The largest absolute Gasteiger partial charge is 0.369 e. The third-order valence-corrected chi connectivity index (χ3v) is 3.42. The molecule has 0 aliphatic rings. The zero-order valence-corrected chi connectivity index (χ0v) is 11.7. The average Bonchev–Trinajstić information content (AvgIpc) is 2.26. The van der Waals surface area contributed by atoms with E-state index in [1.54, 1.807) is 23.8 Å². The lowest BCUT2D eigenvalue weighted by Gasteiger charge is -2.05. The number of nitrogens with one attached hydrogen (secondary N) is 2. The van der Waals surface area contributed by atoms with Gasteiger partial charge in [-0.05, 0) is 19.1 Å². The summed E-state index contributed by atoms with van der Waals surface area (Å²) in [5, 5.41) is 2.04. The SMILES string of the molecule is CC(=O)N/C(N)=N/C(=O)NS(=O)(=O)c1ccc(C)cc1. The van der Waals surface area contributed by atoms with Crippen molar-refractivity contribution >= 4 is 27.9 Å². The minimum absolute atomic E-state index is 0.0789. The number of carbonyl (C=O) groups is 2. The van der Waals surface area contributed by atoms with Gasteiger partial charge in [0.25, 0.3) is 10.0 Å². The predicted molar refractivity (Wildman–Crippen MR) is 72.3 cm³/mol. The van der Waals surface area contributed by atoms with E-state index in [2.05, 4.69) is 4.99 Å². The Bertz CT molecular complexity index is 650. The number of hydrogen-bond acceptors (Lipinski definition) is 4. The van der Waals surface area contributed by atoms with Crippen LogP contribution in [-0.4, -0.2) is 26.3 Å². The molecular formula is C11H14N4O4S. The molecule has 0 fully saturated rings. The fraction of sp³-hybridized carbons (Fsp3) is 0.182. The van der Waals surface area contributed by atoms with Gasteiger partial charge in [0, 0.05) is 6.92 Å². The van der Waals surface area contributed by atoms with Gasteiger partial charge in [-0.3, -0.25) is 10.1 Å². The number of hydrogen-bond donors (Lipinski definition) is 3. The second-order valence-electron chi connectivity index (χ2n) is 3.90. The van der Waals surface area contributed by atoms with Crippen molar-refractivity contribution < 1.29 is 18.0 Å². The first kappa shape index (κ1) is 15.6. The number of rotatable bonds is 2. The minimum Gasteiger partial charge on any atom is -0.369 e. The maximum Gasteiger partial charge on any atom is 0.358 e. The summed E-state index contributed by atoms with van der Waals surface area (Å²) in [5.41, 5.74) is 6.09. The Kier molecular flexibility index (Phi) is 4.81. The number of aryl methyl sites for hydroxylation is 1. The second kappa shape index (κ2) is 6.15. The van der Waals surface area contributed by atoms with Gasteiger partial charge in [0.05, 0.1) is 4.90 Å². The van der Waals surface area contributed by atoms with Crippen molar-refractivity contribution in [1.29, 1.82) is 0 Å². The zero-order valence-electron chi connectivity index (χ0n) is 10.9. The van der Waals surface area contributed by atoms with Crippen molar-refractivity contribution in [2.24, 2.45) is 10.7 Å². The van der Waals surface area contributed by atoms with E-state index in [1.807, 2.05) is 5.32 Å². The summed E-state index contributed by atoms with van der Waals surface area (Å²) < 4.78 is 25.4. The van der Waals surface area contributed by atoms with E-state index in [9.17, 15) is 18.0 Å². The smallest absolute Gasteiger partial charge is 0.358 e. The molecule has 0 aromatic heterocycles. The van der Waals surface area contributed by atoms with Crippen molar-refractivity contribution in [2.45, 2.75) is 18.7 Å². The zero-order chi connectivity index (χ0) is 15.3. The normalized spacial score (nSPS) is 11.8. The molecule has 8 nitrogen and oxygen atoms in total. The highest BCUT2D eigenvalue weighted by Crippen LogP contribution is 2.09. The number of sulfonamides is 1. The van der Waals surface area contributed by atoms with Crippen LogP contribution in [0, 0.1) is 6.92 Å². The monoisotopic (exact) mass is 298 g/mol. The Morgan fingerprint density at radius 3 is 2.25 bits per heavy atom. The van der Waals surface area contributed by atoms with Gasteiger partial charge < -0.3 is 5.73 Å². The Hall–Kier alpha value is -2.42. The number of amides is 3. The maximum absolute atomic E-state index is 11.8. The molecule has 0 aliphatic carbocycles. The van der Waals surface area contributed by atoms with Crippen LogP contribution in [0.25, 0.3) is 0 Å². The van der Waals surface area contributed by atoms with Gasteiger partial charge in [0.1, 0.15) is 0 Å². The van der Waals surface area contributed by atoms with E-state index in [4.69, 9.17) is 5.73 Å². The van der Waals surface area contributed by atoms with Crippen LogP contribution in [-0.2, 0) is 14.8 Å². The van der Waals surface area contributed by atoms with Gasteiger partial charge in [-0.25, -0.2) is 17.9 Å². The van der Waals surface area contributed by atoms with E-state index in [0.717, 1.165) is 5.56 Å². The minimum atomic E-state index is -4.03. The van der Waals surface area contributed by atoms with E-state index < -0.39 is 27.9 Å². The number of guanidine groups is 1. The summed E-state index contributed by atoms with van der Waals surface area (Å²) in [6.07, 6.45) is 0. The molecule has 0 atom stereocenters. The van der Waals surface area contributed by atoms with Gasteiger partial charge >= 0.3 is 6.03 Å². The van der Waals surface area contributed by atoms with Crippen LogP contribution in [0.3, 0.4) is 0 Å². The van der Waals surface area contributed by atoms with Gasteiger partial charge in [0.2, 0.25) is 11.9 Å². The average molecular weight is 298 g/mol. The van der Waals surface area contributed by atoms with Crippen LogP contribution in [0.15, 0.2) is 34.2 Å². The van der Waals surface area contributed by atoms with Crippen LogP contribution in [0.5, 0.6) is 0 Å². The van der Waals surface area contributed by atoms with Crippen molar-refractivity contribution in [3.05, 3.63) is 29.8 Å². The third-order valence-electron chi connectivity index (χ3n) is 2.08. The molecule has 0 saturated carbocycles. The summed E-state index contributed by atoms with van der Waals surface area (Å²) in [7, 11) is -4.03. The third kappa shape index (κ3) is 4.69. The summed E-state index contributed by atoms with van der Waals surface area (Å²) in [6, 6.07) is 4.69. The molecule has 0 bridgehead atoms. The van der Waals surface area contributed by atoms with Gasteiger partial charge in [-0.1, -0.05) is 17.7 Å². The van der Waals surface area contributed by atoms with E-state index >= 15 is 0 Å². The molecule has 1 aromatic carbocycles. The molecule has 1 rings (SSSR count). The topological polar surface area (TPSA) is 131 Å². The number of nitrogens with zero attached hydrogens (tertiary/aromatic N) is 1. The van der Waals surface area contributed by atoms with Gasteiger partial charge in [-0.15, -0.1) is 0 Å². The Morgan fingerprint density at radius 1 is 1.20 bits per heavy atom. The van der Waals surface area contributed by atoms with Crippen LogP contribution >= 0.6 is 0 Å². The first-order valence-corrected chi connectivity index (χ1v) is 6.94. The summed E-state index contributed by atoms with van der Waals surface area (Å²) in [4.78, 5) is 25.1. The van der Waals surface area contributed by atoms with E-state index in [-0.39, 0.29) is 4.90 Å². The highest BCUT2D eigenvalue weighted by atomic mass is 32.2. The first-order chi connectivity index (χ1) is 9.20. The van der Waals surface area contributed by atoms with Crippen molar-refractivity contribution in [3.8, 4) is 0 Å². The second-order valence-corrected chi connectivity index (χ2v) is 5.58. The lowest BCUT2D eigenvalue weighted by Crippen LogP contribution is -2.38. The molecule has 1 aromatic rings. The summed E-state index contributed by atoms with van der Waals surface area (Å²) in [6.45, 7) is 2.97. The Labute approximate surface area is 116 Å². The fourth-order valence-corrected chi connectivity index (χ4v) is 2.12. The van der Waals surface area contributed by atoms with Gasteiger partial charge in [0.15, 0.2) is 0 Å². The molecule has 0 unspecified atom stereocenters. The van der Waals surface area contributed by atoms with Crippen LogP contribution in [0.2, 0.25) is 0 Å². The summed E-state index contributed by atoms with van der Waals surface area (Å²) >= 11 is 0. The molecule has 20 heavy (non-hydrogen) atoms. The number of carbonyl (C=O) groups excluding carboxylic acids is 2. The highest BCUT2D eigenvalue weighted by molar-refractivity contribution is 7.90. The number of benzene rings is 1. The van der Waals surface area contributed by atoms with Crippen molar-refractivity contribution in [1.82, 2.24) is 10.0 Å². The van der Waals surface area contributed by atoms with E-state index in [1.165, 1.54) is 19.1 Å². The number of aliphatic imine (C=N–C) groups is 1. The Balaban J connectivity index is 2.84. The van der Waals surface area contributed by atoms with Crippen molar-refractivity contribution in [2.75, 3.05) is 0 Å². The quantitative estimate of drug-likeness (QED) is 0.516. The standard InChI is InChI=1S/C11H14N4O4S/c1-7-3-5-9(6-4-7)20(18,19)15-11(17)14-10(12)13-8(2)16/h3-6H,1-2H3,(H4,12,13,14,15,16,17). The van der Waals surface area contributed by atoms with Gasteiger partial charge in [-0.2, -0.15) is 4.99 Å².